The van der Waals surface area contributed by atoms with Crippen LogP contribution in [0.15, 0.2) is 4.90 Å². The fourth-order valence-electron chi connectivity index (χ4n) is 4.48. The predicted molar refractivity (Wildman–Crippen MR) is 113 cm³/mol. The minimum atomic E-state index is -3.93. The number of esters is 1. The number of likely N-dealkylation sites (tertiary alicyclic amines) is 1. The molecule has 3 heterocycles. The Balaban J connectivity index is 1.98. The molecule has 0 radical (unpaired) electrons. The molecule has 2 saturated heterocycles. The molecule has 1 aromatic heterocycles. The molecule has 1 aromatic rings. The molecule has 3 rings (SSSR count). The van der Waals surface area contributed by atoms with E-state index in [4.69, 9.17) is 4.74 Å². The number of carbonyl (C=O) groups is 2. The first-order chi connectivity index (χ1) is 14.2. The Bertz CT molecular complexity index is 916. The molecule has 0 spiro atoms. The zero-order valence-electron chi connectivity index (χ0n) is 18.4. The van der Waals surface area contributed by atoms with Gasteiger partial charge in [-0.05, 0) is 52.9 Å². The topological polar surface area (TPSA) is 88.9 Å². The summed E-state index contributed by atoms with van der Waals surface area (Å²) in [5.41, 5.74) is 1.47. The number of nitrogens with zero attached hydrogens (tertiary/aromatic N) is 3. The summed E-state index contributed by atoms with van der Waals surface area (Å²) < 4.78 is 35.6. The smallest absolute Gasteiger partial charge is 0.310 e. The van der Waals surface area contributed by atoms with Crippen molar-refractivity contribution in [3.8, 4) is 0 Å². The van der Waals surface area contributed by atoms with Gasteiger partial charge in [0.2, 0.25) is 10.0 Å². The van der Waals surface area contributed by atoms with Gasteiger partial charge in [-0.1, -0.05) is 0 Å². The number of rotatable bonds is 5. The lowest BCUT2D eigenvalue weighted by Gasteiger charge is -2.31. The molecule has 0 aliphatic carbocycles. The highest BCUT2D eigenvalue weighted by molar-refractivity contribution is 7.89. The van der Waals surface area contributed by atoms with E-state index in [2.05, 4.69) is 0 Å². The van der Waals surface area contributed by atoms with Crippen LogP contribution in [0.5, 0.6) is 0 Å². The minimum Gasteiger partial charge on any atom is -0.466 e. The van der Waals surface area contributed by atoms with E-state index < -0.39 is 15.9 Å². The van der Waals surface area contributed by atoms with Crippen molar-refractivity contribution >= 4 is 21.9 Å². The van der Waals surface area contributed by atoms with Crippen LogP contribution in [0, 0.1) is 19.8 Å². The minimum absolute atomic E-state index is 0.0857. The number of hydrogen-bond donors (Lipinski definition) is 0. The molecular weight excluding hydrogens is 406 g/mol. The van der Waals surface area contributed by atoms with E-state index >= 15 is 0 Å². The first-order valence-corrected chi connectivity index (χ1v) is 12.3. The lowest BCUT2D eigenvalue weighted by Crippen LogP contribution is -2.43. The quantitative estimate of drug-likeness (QED) is 0.657. The molecule has 0 aromatic carbocycles. The normalized spacial score (nSPS) is 20.9. The van der Waals surface area contributed by atoms with Crippen LogP contribution in [0.4, 0.5) is 0 Å². The average molecular weight is 440 g/mol. The second-order valence-corrected chi connectivity index (χ2v) is 10.1. The van der Waals surface area contributed by atoms with Crippen molar-refractivity contribution in [1.29, 1.82) is 0 Å². The molecule has 1 atom stereocenters. The maximum absolute atomic E-state index is 13.7. The van der Waals surface area contributed by atoms with Gasteiger partial charge in [0.1, 0.15) is 4.90 Å². The third-order valence-electron chi connectivity index (χ3n) is 6.38. The molecule has 2 aliphatic heterocycles. The highest BCUT2D eigenvalue weighted by Gasteiger charge is 2.39. The van der Waals surface area contributed by atoms with Gasteiger partial charge in [0, 0.05) is 44.6 Å². The van der Waals surface area contributed by atoms with Crippen LogP contribution in [-0.2, 0) is 26.6 Å². The van der Waals surface area contributed by atoms with Crippen molar-refractivity contribution in [1.82, 2.24) is 13.8 Å². The SMILES string of the molecule is CCOC(=O)[C@@H]1CCCN(S(=O)(=O)c2c(C(=O)N3CCCCC3)c(C)n(C)c2C)C1. The molecule has 30 heavy (non-hydrogen) atoms. The van der Waals surface area contributed by atoms with Crippen molar-refractivity contribution in [2.24, 2.45) is 13.0 Å². The van der Waals surface area contributed by atoms with Gasteiger partial charge in [-0.3, -0.25) is 9.59 Å². The van der Waals surface area contributed by atoms with Crippen molar-refractivity contribution in [2.45, 2.75) is 57.8 Å². The molecule has 9 heteroatoms. The summed E-state index contributed by atoms with van der Waals surface area (Å²) in [6.07, 6.45) is 4.16. The third kappa shape index (κ3) is 4.14. The standard InChI is InChI=1S/C21H33N3O5S/c1-5-29-21(26)17-10-9-13-24(14-17)30(27,28)19-16(3)22(4)15(2)18(19)20(25)23-11-7-6-8-12-23/h17H,5-14H2,1-4H3/t17-/m1/s1. The molecule has 2 fully saturated rings. The Labute approximate surface area is 179 Å². The van der Waals surface area contributed by atoms with E-state index in [0.29, 0.717) is 43.9 Å². The van der Waals surface area contributed by atoms with Gasteiger partial charge in [-0.15, -0.1) is 0 Å². The third-order valence-corrected chi connectivity index (χ3v) is 8.41. The fourth-order valence-corrected chi connectivity index (χ4v) is 6.49. The van der Waals surface area contributed by atoms with Crippen LogP contribution < -0.4 is 0 Å². The van der Waals surface area contributed by atoms with Crippen LogP contribution in [0.25, 0.3) is 0 Å². The molecule has 0 unspecified atom stereocenters. The summed E-state index contributed by atoms with van der Waals surface area (Å²) in [6.45, 7) is 7.27. The Morgan fingerprint density at radius 3 is 2.33 bits per heavy atom. The summed E-state index contributed by atoms with van der Waals surface area (Å²) in [5.74, 6) is -1.05. The van der Waals surface area contributed by atoms with E-state index in [1.54, 1.807) is 37.3 Å². The zero-order chi connectivity index (χ0) is 22.1. The van der Waals surface area contributed by atoms with E-state index in [1.165, 1.54) is 4.31 Å². The van der Waals surface area contributed by atoms with E-state index in [9.17, 15) is 18.0 Å². The summed E-state index contributed by atoms with van der Waals surface area (Å²) in [7, 11) is -2.15. The number of amides is 1. The maximum atomic E-state index is 13.7. The summed E-state index contributed by atoms with van der Waals surface area (Å²) in [6, 6.07) is 0. The van der Waals surface area contributed by atoms with Crippen LogP contribution in [0.2, 0.25) is 0 Å². The molecule has 168 valence electrons. The van der Waals surface area contributed by atoms with Crippen LogP contribution in [-0.4, -0.2) is 66.9 Å². The zero-order valence-corrected chi connectivity index (χ0v) is 19.3. The Morgan fingerprint density at radius 2 is 1.70 bits per heavy atom. The monoisotopic (exact) mass is 439 g/mol. The van der Waals surface area contributed by atoms with E-state index in [1.807, 2.05) is 0 Å². The van der Waals surface area contributed by atoms with Crippen LogP contribution in [0.1, 0.15) is 60.8 Å². The lowest BCUT2D eigenvalue weighted by molar-refractivity contribution is -0.149. The molecule has 1 amide bonds. The second-order valence-electron chi connectivity index (χ2n) is 8.24. The highest BCUT2D eigenvalue weighted by atomic mass is 32.2. The van der Waals surface area contributed by atoms with E-state index in [0.717, 1.165) is 19.3 Å². The van der Waals surface area contributed by atoms with Crippen LogP contribution >= 0.6 is 0 Å². The maximum Gasteiger partial charge on any atom is 0.310 e. The molecule has 2 aliphatic rings. The van der Waals surface area contributed by atoms with Crippen LogP contribution in [0.3, 0.4) is 0 Å². The largest absolute Gasteiger partial charge is 0.466 e. The Kier molecular flexibility index (Phi) is 6.91. The fraction of sp³-hybridized carbons (Fsp3) is 0.714. The van der Waals surface area contributed by atoms with Gasteiger partial charge in [0.05, 0.1) is 18.1 Å². The summed E-state index contributed by atoms with van der Waals surface area (Å²) in [5, 5.41) is 0. The van der Waals surface area contributed by atoms with E-state index in [-0.39, 0.29) is 35.5 Å². The van der Waals surface area contributed by atoms with Gasteiger partial charge in [-0.25, -0.2) is 8.42 Å². The number of piperidine rings is 2. The van der Waals surface area contributed by atoms with Crippen molar-refractivity contribution in [2.75, 3.05) is 32.8 Å². The lowest BCUT2D eigenvalue weighted by atomic mass is 10.0. The van der Waals surface area contributed by atoms with Gasteiger partial charge in [-0.2, -0.15) is 4.31 Å². The number of hydrogen-bond acceptors (Lipinski definition) is 5. The van der Waals surface area contributed by atoms with Gasteiger partial charge in [0.25, 0.3) is 5.91 Å². The number of carbonyl (C=O) groups excluding carboxylic acids is 2. The summed E-state index contributed by atoms with van der Waals surface area (Å²) >= 11 is 0. The van der Waals surface area contributed by atoms with Gasteiger partial charge in [0.15, 0.2) is 0 Å². The number of sulfonamides is 1. The van der Waals surface area contributed by atoms with Crippen molar-refractivity contribution < 1.29 is 22.7 Å². The van der Waals surface area contributed by atoms with Crippen molar-refractivity contribution in [3.63, 3.8) is 0 Å². The summed E-state index contributed by atoms with van der Waals surface area (Å²) in [4.78, 5) is 27.4. The average Bonchev–Trinajstić information content (AvgIpc) is 2.98. The first-order valence-electron chi connectivity index (χ1n) is 10.8. The molecule has 0 bridgehead atoms. The van der Waals surface area contributed by atoms with Gasteiger partial charge < -0.3 is 14.2 Å². The molecular formula is C21H33N3O5S. The Hall–Kier alpha value is -1.87. The van der Waals surface area contributed by atoms with Crippen molar-refractivity contribution in [3.05, 3.63) is 17.0 Å². The number of ether oxygens (including phenoxy) is 1. The highest BCUT2D eigenvalue weighted by Crippen LogP contribution is 2.33. The Morgan fingerprint density at radius 1 is 1.03 bits per heavy atom. The second kappa shape index (κ2) is 9.09. The first kappa shape index (κ1) is 22.8. The molecule has 8 nitrogen and oxygen atoms in total. The molecule has 0 saturated carbocycles. The number of aromatic nitrogens is 1. The predicted octanol–water partition coefficient (Wildman–Crippen LogP) is 2.23. The van der Waals surface area contributed by atoms with Gasteiger partial charge >= 0.3 is 5.97 Å². The molecule has 0 N–H and O–H groups in total.